The summed E-state index contributed by atoms with van der Waals surface area (Å²) < 4.78 is 0. The lowest BCUT2D eigenvalue weighted by molar-refractivity contribution is 0.102. The van der Waals surface area contributed by atoms with Gasteiger partial charge < -0.3 is 5.73 Å². The second-order valence-corrected chi connectivity index (χ2v) is 4.10. The Labute approximate surface area is 96.3 Å². The number of aryl methyl sites for hydroxylation is 1. The van der Waals surface area contributed by atoms with E-state index in [1.54, 1.807) is 23.7 Å². The van der Waals surface area contributed by atoms with Gasteiger partial charge in [0.15, 0.2) is 0 Å². The number of hydrogen-bond acceptors (Lipinski definition) is 5. The van der Waals surface area contributed by atoms with Crippen LogP contribution in [-0.2, 0) is 0 Å². The van der Waals surface area contributed by atoms with Crippen molar-refractivity contribution in [1.82, 2.24) is 10.2 Å². The van der Waals surface area contributed by atoms with Crippen molar-refractivity contribution in [2.45, 2.75) is 6.92 Å². The van der Waals surface area contributed by atoms with Crippen molar-refractivity contribution in [2.75, 3.05) is 11.1 Å². The summed E-state index contributed by atoms with van der Waals surface area (Å²) in [6.45, 7) is 1.86. The van der Waals surface area contributed by atoms with Gasteiger partial charge in [-0.1, -0.05) is 11.3 Å². The fourth-order valence-corrected chi connectivity index (χ4v) is 1.65. The van der Waals surface area contributed by atoms with Crippen LogP contribution in [0.4, 0.5) is 10.8 Å². The molecule has 0 spiro atoms. The number of nitrogens with zero attached hydrogens (tertiary/aromatic N) is 2. The highest BCUT2D eigenvalue weighted by Crippen LogP contribution is 2.15. The van der Waals surface area contributed by atoms with Crippen LogP contribution in [0.25, 0.3) is 0 Å². The molecule has 0 aliphatic carbocycles. The molecule has 2 rings (SSSR count). The maximum atomic E-state index is 11.8. The summed E-state index contributed by atoms with van der Waals surface area (Å²) in [6.07, 6.45) is 0. The number of hydrogen-bond donors (Lipinski definition) is 2. The number of carbonyl (C=O) groups is 1. The molecular formula is C10H10N4OS. The van der Waals surface area contributed by atoms with Gasteiger partial charge in [-0.15, -0.1) is 10.2 Å². The fourth-order valence-electron chi connectivity index (χ4n) is 1.21. The van der Waals surface area contributed by atoms with E-state index in [1.807, 2.05) is 6.92 Å². The van der Waals surface area contributed by atoms with Crippen LogP contribution in [0.3, 0.4) is 0 Å². The molecule has 0 saturated heterocycles. The van der Waals surface area contributed by atoms with Gasteiger partial charge in [0.25, 0.3) is 5.91 Å². The van der Waals surface area contributed by atoms with Crippen molar-refractivity contribution in [3.05, 3.63) is 34.8 Å². The van der Waals surface area contributed by atoms with Gasteiger partial charge in [-0.2, -0.15) is 0 Å². The van der Waals surface area contributed by atoms with E-state index in [4.69, 9.17) is 5.73 Å². The van der Waals surface area contributed by atoms with Crippen LogP contribution >= 0.6 is 11.3 Å². The van der Waals surface area contributed by atoms with Crippen LogP contribution in [0.5, 0.6) is 0 Å². The maximum Gasteiger partial charge on any atom is 0.257 e. The highest BCUT2D eigenvalue weighted by atomic mass is 32.1. The molecule has 0 saturated carbocycles. The van der Waals surface area contributed by atoms with Crippen LogP contribution in [0.15, 0.2) is 23.7 Å². The highest BCUT2D eigenvalue weighted by molar-refractivity contribution is 7.13. The number of carbonyl (C=O) groups excluding carboxylic acids is 1. The number of nitrogen functional groups attached to an aromatic ring is 1. The smallest absolute Gasteiger partial charge is 0.257 e. The molecule has 1 aromatic heterocycles. The quantitative estimate of drug-likeness (QED) is 0.775. The van der Waals surface area contributed by atoms with E-state index in [2.05, 4.69) is 15.5 Å². The first kappa shape index (κ1) is 10.6. The lowest BCUT2D eigenvalue weighted by Crippen LogP contribution is -2.12. The number of anilines is 2. The zero-order valence-corrected chi connectivity index (χ0v) is 9.41. The van der Waals surface area contributed by atoms with E-state index in [1.165, 1.54) is 11.3 Å². The predicted octanol–water partition coefficient (Wildman–Crippen LogP) is 1.68. The topological polar surface area (TPSA) is 80.9 Å². The van der Waals surface area contributed by atoms with E-state index in [9.17, 15) is 4.79 Å². The van der Waals surface area contributed by atoms with E-state index in [0.29, 0.717) is 16.4 Å². The standard InChI is InChI=1S/C10H10N4OS/c1-6-4-7(2-3-8(6)11)9(15)13-10-14-12-5-16-10/h2-5H,11H2,1H3,(H,13,14,15). The summed E-state index contributed by atoms with van der Waals surface area (Å²) in [5.41, 5.74) is 9.34. The molecule has 0 fully saturated rings. The van der Waals surface area contributed by atoms with Crippen molar-refractivity contribution >= 4 is 28.1 Å². The third-order valence-electron chi connectivity index (χ3n) is 2.11. The Morgan fingerprint density at radius 3 is 2.94 bits per heavy atom. The zero-order valence-electron chi connectivity index (χ0n) is 8.60. The Morgan fingerprint density at radius 1 is 1.50 bits per heavy atom. The molecule has 16 heavy (non-hydrogen) atoms. The van der Waals surface area contributed by atoms with Gasteiger partial charge in [-0.05, 0) is 30.7 Å². The second kappa shape index (κ2) is 4.28. The normalized spacial score (nSPS) is 10.1. The van der Waals surface area contributed by atoms with E-state index in [0.717, 1.165) is 5.56 Å². The highest BCUT2D eigenvalue weighted by Gasteiger charge is 2.08. The minimum absolute atomic E-state index is 0.208. The average molecular weight is 234 g/mol. The van der Waals surface area contributed by atoms with Crippen LogP contribution in [0, 0.1) is 6.92 Å². The molecule has 3 N–H and O–H groups in total. The molecule has 5 nitrogen and oxygen atoms in total. The van der Waals surface area contributed by atoms with E-state index < -0.39 is 0 Å². The monoisotopic (exact) mass is 234 g/mol. The minimum Gasteiger partial charge on any atom is -0.399 e. The second-order valence-electron chi connectivity index (χ2n) is 3.27. The molecule has 0 aliphatic heterocycles. The number of nitrogens with one attached hydrogen (secondary N) is 1. The van der Waals surface area contributed by atoms with Crippen molar-refractivity contribution in [2.24, 2.45) is 0 Å². The maximum absolute atomic E-state index is 11.8. The van der Waals surface area contributed by atoms with Gasteiger partial charge in [-0.3, -0.25) is 10.1 Å². The van der Waals surface area contributed by atoms with Crippen molar-refractivity contribution in [3.8, 4) is 0 Å². The van der Waals surface area contributed by atoms with E-state index >= 15 is 0 Å². The summed E-state index contributed by atoms with van der Waals surface area (Å²) >= 11 is 1.27. The summed E-state index contributed by atoms with van der Waals surface area (Å²) in [7, 11) is 0. The van der Waals surface area contributed by atoms with Crippen LogP contribution < -0.4 is 11.1 Å². The molecule has 0 aliphatic rings. The first-order valence-corrected chi connectivity index (χ1v) is 5.48. The minimum atomic E-state index is -0.208. The molecule has 0 radical (unpaired) electrons. The Bertz CT molecular complexity index is 510. The molecule has 1 heterocycles. The number of nitrogens with two attached hydrogens (primary N) is 1. The Balaban J connectivity index is 2.18. The van der Waals surface area contributed by atoms with Gasteiger partial charge in [0.2, 0.25) is 5.13 Å². The largest absolute Gasteiger partial charge is 0.399 e. The molecule has 0 unspecified atom stereocenters. The Hall–Kier alpha value is -1.95. The molecule has 1 amide bonds. The number of aromatic nitrogens is 2. The first-order valence-electron chi connectivity index (χ1n) is 4.60. The zero-order chi connectivity index (χ0) is 11.5. The molecular weight excluding hydrogens is 224 g/mol. The molecule has 2 aromatic rings. The molecule has 82 valence electrons. The Morgan fingerprint density at radius 2 is 2.31 bits per heavy atom. The van der Waals surface area contributed by atoms with E-state index in [-0.39, 0.29) is 5.91 Å². The summed E-state index contributed by atoms with van der Waals surface area (Å²) in [5, 5.41) is 10.5. The molecule has 1 aromatic carbocycles. The SMILES string of the molecule is Cc1cc(C(=O)Nc2nncs2)ccc1N. The van der Waals surface area contributed by atoms with Crippen molar-refractivity contribution < 1.29 is 4.79 Å². The molecule has 0 atom stereocenters. The summed E-state index contributed by atoms with van der Waals surface area (Å²) in [6, 6.07) is 5.13. The van der Waals surface area contributed by atoms with Gasteiger partial charge in [0.1, 0.15) is 5.51 Å². The van der Waals surface area contributed by atoms with Crippen LogP contribution in [0.2, 0.25) is 0 Å². The van der Waals surface area contributed by atoms with Crippen LogP contribution in [-0.4, -0.2) is 16.1 Å². The summed E-state index contributed by atoms with van der Waals surface area (Å²) in [5.74, 6) is -0.208. The Kier molecular flexibility index (Phi) is 2.82. The number of amides is 1. The van der Waals surface area contributed by atoms with Gasteiger partial charge >= 0.3 is 0 Å². The van der Waals surface area contributed by atoms with Crippen molar-refractivity contribution in [1.29, 1.82) is 0 Å². The first-order chi connectivity index (χ1) is 7.66. The molecule has 6 heteroatoms. The molecule has 0 bridgehead atoms. The van der Waals surface area contributed by atoms with Gasteiger partial charge in [-0.25, -0.2) is 0 Å². The average Bonchev–Trinajstić information content (AvgIpc) is 2.74. The third kappa shape index (κ3) is 2.17. The fraction of sp³-hybridized carbons (Fsp3) is 0.100. The van der Waals surface area contributed by atoms with Gasteiger partial charge in [0.05, 0.1) is 0 Å². The number of rotatable bonds is 2. The summed E-state index contributed by atoms with van der Waals surface area (Å²) in [4.78, 5) is 11.8. The lowest BCUT2D eigenvalue weighted by atomic mass is 10.1. The number of benzene rings is 1. The third-order valence-corrected chi connectivity index (χ3v) is 2.72. The van der Waals surface area contributed by atoms with Gasteiger partial charge in [0, 0.05) is 11.3 Å². The lowest BCUT2D eigenvalue weighted by Gasteiger charge is -2.04. The van der Waals surface area contributed by atoms with Crippen LogP contribution in [0.1, 0.15) is 15.9 Å². The predicted molar refractivity (Wildman–Crippen MR) is 63.5 cm³/mol. The van der Waals surface area contributed by atoms with Crippen molar-refractivity contribution in [3.63, 3.8) is 0 Å².